The van der Waals surface area contributed by atoms with E-state index in [0.717, 1.165) is 42.6 Å². The number of piperidine rings is 1. The summed E-state index contributed by atoms with van der Waals surface area (Å²) in [6, 6.07) is 0.642. The molecule has 0 amide bonds. The zero-order valence-electron chi connectivity index (χ0n) is 11.2. The zero-order chi connectivity index (χ0) is 12.6. The Kier molecular flexibility index (Phi) is 6.00. The summed E-state index contributed by atoms with van der Waals surface area (Å²) in [6.45, 7) is 3.35. The van der Waals surface area contributed by atoms with Crippen LogP contribution in [-0.2, 0) is 12.2 Å². The number of hydrogen-bond acceptors (Lipinski definition) is 5. The van der Waals surface area contributed by atoms with Crippen molar-refractivity contribution >= 4 is 11.8 Å². The average Bonchev–Trinajstić information content (AvgIpc) is 2.86. The van der Waals surface area contributed by atoms with Crippen molar-refractivity contribution in [2.45, 2.75) is 57.2 Å². The fraction of sp³-hybridized carbons (Fsp3) is 0.846. The van der Waals surface area contributed by atoms with Gasteiger partial charge in [0.1, 0.15) is 0 Å². The van der Waals surface area contributed by atoms with E-state index in [1.165, 1.54) is 25.7 Å². The van der Waals surface area contributed by atoms with Crippen LogP contribution in [-0.4, -0.2) is 28.5 Å². The molecule has 2 rings (SSSR count). The SMILES string of the molecule is CCCSCc1noc(CCC2CCCCN2)n1. The van der Waals surface area contributed by atoms with E-state index in [9.17, 15) is 0 Å². The van der Waals surface area contributed by atoms with Gasteiger partial charge in [-0.05, 0) is 38.0 Å². The van der Waals surface area contributed by atoms with Crippen molar-refractivity contribution < 1.29 is 4.52 Å². The summed E-state index contributed by atoms with van der Waals surface area (Å²) < 4.78 is 5.28. The lowest BCUT2D eigenvalue weighted by Gasteiger charge is -2.22. The van der Waals surface area contributed by atoms with Crippen molar-refractivity contribution in [3.63, 3.8) is 0 Å². The monoisotopic (exact) mass is 269 g/mol. The fourth-order valence-corrected chi connectivity index (χ4v) is 2.96. The number of hydrogen-bond donors (Lipinski definition) is 1. The number of rotatable bonds is 7. The minimum atomic E-state index is 0.642. The number of aromatic nitrogens is 2. The van der Waals surface area contributed by atoms with Crippen LogP contribution >= 0.6 is 11.8 Å². The normalized spacial score (nSPS) is 20.2. The molecule has 0 spiro atoms. The van der Waals surface area contributed by atoms with Crippen LogP contribution in [0, 0.1) is 0 Å². The molecule has 1 saturated heterocycles. The molecule has 102 valence electrons. The van der Waals surface area contributed by atoms with Gasteiger partial charge in [-0.3, -0.25) is 0 Å². The van der Waals surface area contributed by atoms with Gasteiger partial charge in [-0.15, -0.1) is 0 Å². The lowest BCUT2D eigenvalue weighted by Crippen LogP contribution is -2.34. The quantitative estimate of drug-likeness (QED) is 0.771. The second kappa shape index (κ2) is 7.79. The molecule has 0 aliphatic carbocycles. The van der Waals surface area contributed by atoms with Crippen molar-refractivity contribution in [2.24, 2.45) is 0 Å². The molecule has 1 unspecified atom stereocenters. The van der Waals surface area contributed by atoms with Gasteiger partial charge in [0, 0.05) is 12.5 Å². The van der Waals surface area contributed by atoms with Gasteiger partial charge in [-0.2, -0.15) is 16.7 Å². The Hall–Kier alpha value is -0.550. The highest BCUT2D eigenvalue weighted by molar-refractivity contribution is 7.98. The van der Waals surface area contributed by atoms with E-state index in [0.29, 0.717) is 6.04 Å². The van der Waals surface area contributed by atoms with Crippen LogP contribution in [0.25, 0.3) is 0 Å². The predicted molar refractivity (Wildman–Crippen MR) is 74.7 cm³/mol. The first kappa shape index (κ1) is 13.9. The number of aryl methyl sites for hydroxylation is 1. The Bertz CT molecular complexity index is 337. The van der Waals surface area contributed by atoms with E-state index in [1.807, 2.05) is 11.8 Å². The number of nitrogens with zero attached hydrogens (tertiary/aromatic N) is 2. The molecule has 18 heavy (non-hydrogen) atoms. The molecule has 1 aromatic heterocycles. The van der Waals surface area contributed by atoms with E-state index in [2.05, 4.69) is 22.4 Å². The summed E-state index contributed by atoms with van der Waals surface area (Å²) in [7, 11) is 0. The van der Waals surface area contributed by atoms with Crippen LogP contribution in [0.15, 0.2) is 4.52 Å². The van der Waals surface area contributed by atoms with Crippen molar-refractivity contribution in [1.82, 2.24) is 15.5 Å². The molecule has 1 atom stereocenters. The van der Waals surface area contributed by atoms with Gasteiger partial charge in [0.2, 0.25) is 5.89 Å². The third-order valence-electron chi connectivity index (χ3n) is 3.21. The minimum Gasteiger partial charge on any atom is -0.339 e. The maximum atomic E-state index is 5.28. The molecule has 1 aliphatic rings. The van der Waals surface area contributed by atoms with Crippen molar-refractivity contribution in [3.05, 3.63) is 11.7 Å². The van der Waals surface area contributed by atoms with E-state index in [-0.39, 0.29) is 0 Å². The summed E-state index contributed by atoms with van der Waals surface area (Å²) in [5, 5.41) is 7.57. The molecule has 5 heteroatoms. The van der Waals surface area contributed by atoms with Crippen LogP contribution < -0.4 is 5.32 Å². The summed E-state index contributed by atoms with van der Waals surface area (Å²) in [5.74, 6) is 3.68. The second-order valence-electron chi connectivity index (χ2n) is 4.84. The maximum absolute atomic E-state index is 5.28. The number of nitrogens with one attached hydrogen (secondary N) is 1. The van der Waals surface area contributed by atoms with E-state index < -0.39 is 0 Å². The van der Waals surface area contributed by atoms with Gasteiger partial charge in [0.15, 0.2) is 5.82 Å². The summed E-state index contributed by atoms with van der Waals surface area (Å²) >= 11 is 1.87. The standard InChI is InChI=1S/C13H23N3OS/c1-2-9-18-10-12-15-13(17-16-12)7-6-11-5-3-4-8-14-11/h11,14H,2-10H2,1H3. The van der Waals surface area contributed by atoms with Gasteiger partial charge < -0.3 is 9.84 Å². The zero-order valence-corrected chi connectivity index (χ0v) is 12.0. The van der Waals surface area contributed by atoms with E-state index in [1.54, 1.807) is 0 Å². The summed E-state index contributed by atoms with van der Waals surface area (Å²) in [5.41, 5.74) is 0. The van der Waals surface area contributed by atoms with Gasteiger partial charge in [0.05, 0.1) is 5.75 Å². The molecule has 1 N–H and O–H groups in total. The van der Waals surface area contributed by atoms with E-state index >= 15 is 0 Å². The summed E-state index contributed by atoms with van der Waals surface area (Å²) in [6.07, 6.45) is 7.17. The fourth-order valence-electron chi connectivity index (χ4n) is 2.23. The van der Waals surface area contributed by atoms with Gasteiger partial charge in [0.25, 0.3) is 0 Å². The van der Waals surface area contributed by atoms with Crippen molar-refractivity contribution in [3.8, 4) is 0 Å². The Balaban J connectivity index is 1.69. The molecule has 4 nitrogen and oxygen atoms in total. The summed E-state index contributed by atoms with van der Waals surface area (Å²) in [4.78, 5) is 4.44. The Labute approximate surface area is 113 Å². The first-order valence-corrected chi connectivity index (χ1v) is 8.16. The minimum absolute atomic E-state index is 0.642. The molecular formula is C13H23N3OS. The lowest BCUT2D eigenvalue weighted by atomic mass is 10.0. The smallest absolute Gasteiger partial charge is 0.226 e. The molecule has 0 radical (unpaired) electrons. The van der Waals surface area contributed by atoms with Gasteiger partial charge in [-0.1, -0.05) is 18.5 Å². The highest BCUT2D eigenvalue weighted by Crippen LogP contribution is 2.14. The first-order valence-electron chi connectivity index (χ1n) is 7.01. The van der Waals surface area contributed by atoms with Crippen molar-refractivity contribution in [2.75, 3.05) is 12.3 Å². The van der Waals surface area contributed by atoms with Gasteiger partial charge in [-0.25, -0.2) is 0 Å². The van der Waals surface area contributed by atoms with Crippen LogP contribution in [0.1, 0.15) is 50.7 Å². The Morgan fingerprint density at radius 2 is 2.39 bits per heavy atom. The predicted octanol–water partition coefficient (Wildman–Crippen LogP) is 2.79. The van der Waals surface area contributed by atoms with Crippen LogP contribution in [0.4, 0.5) is 0 Å². The highest BCUT2D eigenvalue weighted by atomic mass is 32.2. The Morgan fingerprint density at radius 1 is 1.44 bits per heavy atom. The van der Waals surface area contributed by atoms with Crippen LogP contribution in [0.2, 0.25) is 0 Å². The largest absolute Gasteiger partial charge is 0.339 e. The topological polar surface area (TPSA) is 51.0 Å². The van der Waals surface area contributed by atoms with Crippen molar-refractivity contribution in [1.29, 1.82) is 0 Å². The molecule has 0 saturated carbocycles. The van der Waals surface area contributed by atoms with Crippen LogP contribution in [0.3, 0.4) is 0 Å². The first-order chi connectivity index (χ1) is 8.88. The number of thioether (sulfide) groups is 1. The van der Waals surface area contributed by atoms with Crippen LogP contribution in [0.5, 0.6) is 0 Å². The van der Waals surface area contributed by atoms with E-state index in [4.69, 9.17) is 4.52 Å². The molecule has 0 aromatic carbocycles. The second-order valence-corrected chi connectivity index (χ2v) is 5.95. The molecule has 1 aromatic rings. The molecule has 1 fully saturated rings. The highest BCUT2D eigenvalue weighted by Gasteiger charge is 2.14. The average molecular weight is 269 g/mol. The molecule has 1 aliphatic heterocycles. The van der Waals surface area contributed by atoms with Gasteiger partial charge >= 0.3 is 0 Å². The third-order valence-corrected chi connectivity index (χ3v) is 4.37. The molecular weight excluding hydrogens is 246 g/mol. The third kappa shape index (κ3) is 4.61. The molecule has 0 bridgehead atoms. The molecule has 2 heterocycles. The lowest BCUT2D eigenvalue weighted by molar-refractivity contribution is 0.341. The maximum Gasteiger partial charge on any atom is 0.226 e. The Morgan fingerprint density at radius 3 is 3.17 bits per heavy atom.